The average Bonchev–Trinajstić information content (AvgIpc) is 3.36. The van der Waals surface area contributed by atoms with Crippen LogP contribution >= 0.6 is 0 Å². The highest BCUT2D eigenvalue weighted by molar-refractivity contribution is 6.01. The lowest BCUT2D eigenvalue weighted by Gasteiger charge is -2.60. The molecule has 5 aliphatic rings. The van der Waals surface area contributed by atoms with Crippen LogP contribution in [0.1, 0.15) is 91.4 Å². The van der Waals surface area contributed by atoms with E-state index in [9.17, 15) is 28.8 Å². The molecule has 4 fully saturated rings. The molecule has 0 bridgehead atoms. The number of ketones is 2. The van der Waals surface area contributed by atoms with Crippen LogP contribution in [0.2, 0.25) is 0 Å². The molecule has 0 aromatic carbocycles. The Bertz CT molecular complexity index is 1110. The maximum absolute atomic E-state index is 13.1. The van der Waals surface area contributed by atoms with Crippen LogP contribution < -0.4 is 0 Å². The SMILES string of the molecule is CC(=O)[C@@H]1CC[C@@H]2[C@H]3CCC4=CC(=O)CC[C@]4(C)[C@@H]3[C@H](OC(=O)CCC(=O)ON3C(=O)CCC3=O)C[C@@]21C. The fourth-order valence-corrected chi connectivity index (χ4v) is 8.67. The molecule has 0 spiro atoms. The predicted octanol–water partition coefficient (Wildman–Crippen LogP) is 3.63. The van der Waals surface area contributed by atoms with Crippen LogP contribution in [0.3, 0.4) is 0 Å². The summed E-state index contributed by atoms with van der Waals surface area (Å²) in [6.45, 7) is 6.03. The van der Waals surface area contributed by atoms with Crippen molar-refractivity contribution >= 4 is 35.3 Å². The molecule has 9 heteroatoms. The van der Waals surface area contributed by atoms with Gasteiger partial charge in [-0.25, -0.2) is 4.79 Å². The van der Waals surface area contributed by atoms with Crippen molar-refractivity contribution < 1.29 is 38.3 Å². The zero-order valence-corrected chi connectivity index (χ0v) is 22.5. The van der Waals surface area contributed by atoms with Crippen LogP contribution in [0.5, 0.6) is 0 Å². The van der Waals surface area contributed by atoms with E-state index in [2.05, 4.69) is 13.8 Å². The molecule has 1 heterocycles. The molecule has 4 aliphatic carbocycles. The van der Waals surface area contributed by atoms with Gasteiger partial charge in [0.05, 0.1) is 12.8 Å². The number of rotatable bonds is 6. The molecule has 9 nitrogen and oxygen atoms in total. The van der Waals surface area contributed by atoms with Gasteiger partial charge in [-0.2, -0.15) is 0 Å². The first-order chi connectivity index (χ1) is 17.9. The minimum atomic E-state index is -0.841. The fourth-order valence-electron chi connectivity index (χ4n) is 8.67. The summed E-state index contributed by atoms with van der Waals surface area (Å²) < 4.78 is 6.15. The Labute approximate surface area is 222 Å². The van der Waals surface area contributed by atoms with Crippen molar-refractivity contribution in [2.75, 3.05) is 0 Å². The summed E-state index contributed by atoms with van der Waals surface area (Å²) in [7, 11) is 0. The molecule has 206 valence electrons. The molecular formula is C29H37NO8. The number of nitrogens with zero attached hydrogens (tertiary/aromatic N) is 1. The number of ether oxygens (including phenoxy) is 1. The van der Waals surface area contributed by atoms with E-state index in [-0.39, 0.29) is 65.8 Å². The monoisotopic (exact) mass is 527 g/mol. The van der Waals surface area contributed by atoms with E-state index in [1.54, 1.807) is 13.0 Å². The Hall–Kier alpha value is -2.84. The van der Waals surface area contributed by atoms with Crippen LogP contribution in [0.25, 0.3) is 0 Å². The Balaban J connectivity index is 1.34. The van der Waals surface area contributed by atoms with Gasteiger partial charge in [0.1, 0.15) is 11.9 Å². The van der Waals surface area contributed by atoms with Crippen LogP contribution in [0.4, 0.5) is 0 Å². The van der Waals surface area contributed by atoms with E-state index in [1.807, 2.05) is 0 Å². The Kier molecular flexibility index (Phi) is 6.84. The van der Waals surface area contributed by atoms with Gasteiger partial charge in [0.15, 0.2) is 5.78 Å². The maximum Gasteiger partial charge on any atom is 0.333 e. The zero-order chi connectivity index (χ0) is 27.4. The number of fused-ring (bicyclic) bond motifs is 5. The summed E-state index contributed by atoms with van der Waals surface area (Å²) in [4.78, 5) is 78.5. The number of Topliss-reactive ketones (excluding diaryl/α,β-unsaturated/α-hetero) is 1. The third-order valence-electron chi connectivity index (χ3n) is 10.4. The minimum absolute atomic E-state index is 0.000207. The number of esters is 1. The molecule has 1 saturated heterocycles. The van der Waals surface area contributed by atoms with Gasteiger partial charge < -0.3 is 9.57 Å². The molecule has 0 aromatic heterocycles. The second-order valence-electron chi connectivity index (χ2n) is 12.4. The molecule has 0 unspecified atom stereocenters. The first-order valence-corrected chi connectivity index (χ1v) is 13.9. The topological polar surface area (TPSA) is 124 Å². The van der Waals surface area contributed by atoms with Gasteiger partial charge in [-0.05, 0) is 74.2 Å². The molecule has 0 aromatic rings. The molecule has 0 N–H and O–H groups in total. The van der Waals surface area contributed by atoms with Gasteiger partial charge in [-0.3, -0.25) is 24.0 Å². The molecule has 3 saturated carbocycles. The standard InChI is InChI=1S/C29H37NO8/c1-16(31)20-6-7-21-19-5-4-17-14-18(32)12-13-28(17,2)27(19)22(15-29(20,21)3)37-25(35)10-11-26(36)38-30-23(33)8-9-24(30)34/h14,19-22,27H,4-13,15H2,1-3H3/t19-,20+,21-,22-,27+,28+,29-/m1/s1. The number of hydrogen-bond acceptors (Lipinski definition) is 8. The number of carbonyl (C=O) groups excluding carboxylic acids is 6. The Morgan fingerprint density at radius 3 is 2.32 bits per heavy atom. The maximum atomic E-state index is 13.1. The number of imide groups is 1. The van der Waals surface area contributed by atoms with E-state index in [4.69, 9.17) is 9.57 Å². The summed E-state index contributed by atoms with van der Waals surface area (Å²) in [5, 5.41) is 0.476. The highest BCUT2D eigenvalue weighted by Crippen LogP contribution is 2.67. The van der Waals surface area contributed by atoms with Crippen molar-refractivity contribution in [2.45, 2.75) is 97.5 Å². The highest BCUT2D eigenvalue weighted by atomic mass is 16.7. The number of allylic oxidation sites excluding steroid dienone is 1. The lowest BCUT2D eigenvalue weighted by molar-refractivity contribution is -0.198. The smallest absolute Gasteiger partial charge is 0.333 e. The zero-order valence-electron chi connectivity index (χ0n) is 22.5. The van der Waals surface area contributed by atoms with Gasteiger partial charge in [0, 0.05) is 31.1 Å². The molecule has 1 aliphatic heterocycles. The van der Waals surface area contributed by atoms with Gasteiger partial charge >= 0.3 is 11.9 Å². The summed E-state index contributed by atoms with van der Waals surface area (Å²) in [6, 6.07) is 0. The van der Waals surface area contributed by atoms with E-state index >= 15 is 0 Å². The molecule has 0 radical (unpaired) electrons. The summed E-state index contributed by atoms with van der Waals surface area (Å²) in [5.41, 5.74) is 0.617. The average molecular weight is 528 g/mol. The highest BCUT2D eigenvalue weighted by Gasteiger charge is 2.63. The van der Waals surface area contributed by atoms with E-state index in [0.717, 1.165) is 37.7 Å². The molecular weight excluding hydrogens is 490 g/mol. The van der Waals surface area contributed by atoms with E-state index < -0.39 is 29.9 Å². The molecule has 38 heavy (non-hydrogen) atoms. The van der Waals surface area contributed by atoms with Crippen LogP contribution in [-0.2, 0) is 38.3 Å². The van der Waals surface area contributed by atoms with Crippen LogP contribution in [0, 0.1) is 34.5 Å². The largest absolute Gasteiger partial charge is 0.462 e. The van der Waals surface area contributed by atoms with Gasteiger partial charge in [0.2, 0.25) is 0 Å². The van der Waals surface area contributed by atoms with Crippen molar-refractivity contribution in [1.29, 1.82) is 0 Å². The number of hydrogen-bond donors (Lipinski definition) is 0. The number of hydroxylamine groups is 2. The Morgan fingerprint density at radius 2 is 1.63 bits per heavy atom. The van der Waals surface area contributed by atoms with Crippen LogP contribution in [0.15, 0.2) is 11.6 Å². The third kappa shape index (κ3) is 4.41. The van der Waals surface area contributed by atoms with Gasteiger partial charge in [-0.15, -0.1) is 5.06 Å². The van der Waals surface area contributed by atoms with Crippen molar-refractivity contribution in [2.24, 2.45) is 34.5 Å². The van der Waals surface area contributed by atoms with E-state index in [0.29, 0.717) is 23.8 Å². The van der Waals surface area contributed by atoms with Crippen molar-refractivity contribution in [3.8, 4) is 0 Å². The van der Waals surface area contributed by atoms with Crippen molar-refractivity contribution in [3.05, 3.63) is 11.6 Å². The first-order valence-electron chi connectivity index (χ1n) is 13.9. The summed E-state index contributed by atoms with van der Waals surface area (Å²) >= 11 is 0. The molecule has 7 atom stereocenters. The van der Waals surface area contributed by atoms with Crippen molar-refractivity contribution in [3.63, 3.8) is 0 Å². The second-order valence-corrected chi connectivity index (χ2v) is 12.4. The van der Waals surface area contributed by atoms with Crippen LogP contribution in [-0.4, -0.2) is 46.5 Å². The second kappa shape index (κ2) is 9.72. The fraction of sp³-hybridized carbons (Fsp3) is 0.724. The lowest BCUT2D eigenvalue weighted by Crippen LogP contribution is -2.58. The first kappa shape index (κ1) is 26.8. The number of carbonyl (C=O) groups is 6. The van der Waals surface area contributed by atoms with E-state index in [1.165, 1.54) is 0 Å². The summed E-state index contributed by atoms with van der Waals surface area (Å²) in [5.74, 6) is -1.59. The third-order valence-corrected chi connectivity index (χ3v) is 10.4. The van der Waals surface area contributed by atoms with Gasteiger partial charge in [0.25, 0.3) is 11.8 Å². The van der Waals surface area contributed by atoms with Gasteiger partial charge in [-0.1, -0.05) is 19.4 Å². The molecule has 5 rings (SSSR count). The van der Waals surface area contributed by atoms with Crippen molar-refractivity contribution in [1.82, 2.24) is 5.06 Å². The molecule has 2 amide bonds. The lowest BCUT2D eigenvalue weighted by atomic mass is 9.46. The number of amides is 2. The quantitative estimate of drug-likeness (QED) is 0.379. The predicted molar refractivity (Wildman–Crippen MR) is 133 cm³/mol. The summed E-state index contributed by atoms with van der Waals surface area (Å²) in [6.07, 6.45) is 6.16. The minimum Gasteiger partial charge on any atom is -0.462 e. The normalized spacial score (nSPS) is 38.2. The Morgan fingerprint density at radius 1 is 0.947 bits per heavy atom.